The van der Waals surface area contributed by atoms with Crippen molar-refractivity contribution in [3.8, 4) is 17.1 Å². The van der Waals surface area contributed by atoms with Gasteiger partial charge in [-0.2, -0.15) is 5.10 Å². The third-order valence-electron chi connectivity index (χ3n) is 4.26. The largest absolute Gasteiger partial charge is 0.421 e. The molecular weight excluding hydrogens is 354 g/mol. The van der Waals surface area contributed by atoms with Crippen LogP contribution in [0.3, 0.4) is 0 Å². The summed E-state index contributed by atoms with van der Waals surface area (Å²) in [4.78, 5) is 12.4. The molecule has 2 heterocycles. The third kappa shape index (κ3) is 3.98. The van der Waals surface area contributed by atoms with E-state index in [-0.39, 0.29) is 12.3 Å². The zero-order valence-corrected chi connectivity index (χ0v) is 15.4. The number of para-hydroxylation sites is 2. The van der Waals surface area contributed by atoms with Gasteiger partial charge in [-0.3, -0.25) is 4.79 Å². The Balaban J connectivity index is 1.39. The van der Waals surface area contributed by atoms with E-state index in [4.69, 9.17) is 4.42 Å². The Morgan fingerprint density at radius 2 is 1.89 bits per heavy atom. The lowest BCUT2D eigenvalue weighted by Gasteiger charge is -2.10. The van der Waals surface area contributed by atoms with Crippen molar-refractivity contribution in [2.24, 2.45) is 0 Å². The lowest BCUT2D eigenvalue weighted by molar-refractivity contribution is -0.116. The second kappa shape index (κ2) is 7.87. The summed E-state index contributed by atoms with van der Waals surface area (Å²) in [6, 6.07) is 17.2. The zero-order chi connectivity index (χ0) is 19.3. The van der Waals surface area contributed by atoms with Gasteiger partial charge in [0.05, 0.1) is 11.4 Å². The minimum Gasteiger partial charge on any atom is -0.421 e. The molecule has 0 bridgehead atoms. The Morgan fingerprint density at radius 3 is 2.68 bits per heavy atom. The summed E-state index contributed by atoms with van der Waals surface area (Å²) in [5.74, 6) is 0.764. The first kappa shape index (κ1) is 17.7. The molecule has 7 nitrogen and oxygen atoms in total. The molecule has 2 aromatic carbocycles. The molecule has 140 valence electrons. The van der Waals surface area contributed by atoms with Crippen LogP contribution in [-0.4, -0.2) is 25.9 Å². The number of rotatable bonds is 6. The first-order chi connectivity index (χ1) is 13.7. The number of nitrogens with one attached hydrogen (secondary N) is 1. The number of carbonyl (C=O) groups excluding carboxylic acids is 1. The van der Waals surface area contributed by atoms with Gasteiger partial charge in [0.1, 0.15) is 0 Å². The van der Waals surface area contributed by atoms with E-state index in [1.807, 2.05) is 67.7 Å². The van der Waals surface area contributed by atoms with E-state index in [0.717, 1.165) is 16.8 Å². The highest BCUT2D eigenvalue weighted by Crippen LogP contribution is 2.21. The minimum atomic E-state index is -0.130. The van der Waals surface area contributed by atoms with Crippen molar-refractivity contribution in [3.05, 3.63) is 78.4 Å². The van der Waals surface area contributed by atoms with Crippen molar-refractivity contribution in [3.63, 3.8) is 0 Å². The van der Waals surface area contributed by atoms with Crippen molar-refractivity contribution in [2.75, 3.05) is 5.32 Å². The first-order valence-electron chi connectivity index (χ1n) is 8.97. The lowest BCUT2D eigenvalue weighted by Crippen LogP contribution is -2.14. The second-order valence-corrected chi connectivity index (χ2v) is 6.38. The maximum atomic E-state index is 12.4. The van der Waals surface area contributed by atoms with E-state index in [1.54, 1.807) is 10.9 Å². The number of hydrogen-bond donors (Lipinski definition) is 1. The van der Waals surface area contributed by atoms with Gasteiger partial charge in [0.2, 0.25) is 17.7 Å². The van der Waals surface area contributed by atoms with Crippen LogP contribution in [0.5, 0.6) is 0 Å². The molecule has 0 saturated heterocycles. The predicted octanol–water partition coefficient (Wildman–Crippen LogP) is 3.80. The van der Waals surface area contributed by atoms with E-state index in [9.17, 15) is 4.79 Å². The Kier molecular flexibility index (Phi) is 4.97. The summed E-state index contributed by atoms with van der Waals surface area (Å²) in [5.41, 5.74) is 3.53. The van der Waals surface area contributed by atoms with Crippen molar-refractivity contribution in [1.82, 2.24) is 20.0 Å². The van der Waals surface area contributed by atoms with Crippen LogP contribution in [0, 0.1) is 6.92 Å². The number of hydrogen-bond acceptors (Lipinski definition) is 5. The summed E-state index contributed by atoms with van der Waals surface area (Å²) < 4.78 is 7.39. The van der Waals surface area contributed by atoms with Crippen LogP contribution in [0.2, 0.25) is 0 Å². The van der Waals surface area contributed by atoms with E-state index in [0.29, 0.717) is 23.9 Å². The molecule has 1 N–H and O–H groups in total. The predicted molar refractivity (Wildman–Crippen MR) is 105 cm³/mol. The molecule has 0 aliphatic carbocycles. The molecule has 0 saturated carbocycles. The number of anilines is 1. The summed E-state index contributed by atoms with van der Waals surface area (Å²) in [5, 5.41) is 15.2. The molecule has 0 fully saturated rings. The number of aryl methyl sites for hydroxylation is 2. The van der Waals surface area contributed by atoms with E-state index in [2.05, 4.69) is 20.6 Å². The van der Waals surface area contributed by atoms with Crippen LogP contribution in [0.15, 0.2) is 71.4 Å². The highest BCUT2D eigenvalue weighted by Gasteiger charge is 2.12. The minimum absolute atomic E-state index is 0.130. The molecule has 0 unspecified atom stereocenters. The van der Waals surface area contributed by atoms with E-state index >= 15 is 0 Å². The van der Waals surface area contributed by atoms with Crippen molar-refractivity contribution < 1.29 is 9.21 Å². The Labute approximate surface area is 162 Å². The van der Waals surface area contributed by atoms with Gasteiger partial charge in [-0.1, -0.05) is 29.8 Å². The maximum Gasteiger partial charge on any atom is 0.247 e. The van der Waals surface area contributed by atoms with Crippen LogP contribution in [-0.2, 0) is 11.2 Å². The molecule has 0 atom stereocenters. The molecule has 0 aliphatic heterocycles. The van der Waals surface area contributed by atoms with Crippen molar-refractivity contribution in [2.45, 2.75) is 19.8 Å². The normalized spacial score (nSPS) is 10.8. The number of amides is 1. The molecule has 0 radical (unpaired) electrons. The van der Waals surface area contributed by atoms with Crippen LogP contribution in [0.25, 0.3) is 17.1 Å². The molecule has 28 heavy (non-hydrogen) atoms. The van der Waals surface area contributed by atoms with Crippen LogP contribution in [0.4, 0.5) is 5.69 Å². The fourth-order valence-corrected chi connectivity index (χ4v) is 2.79. The van der Waals surface area contributed by atoms with Crippen LogP contribution < -0.4 is 5.32 Å². The van der Waals surface area contributed by atoms with Gasteiger partial charge in [-0.15, -0.1) is 10.2 Å². The summed E-state index contributed by atoms with van der Waals surface area (Å²) in [6.07, 6.45) is 4.13. The van der Waals surface area contributed by atoms with Gasteiger partial charge in [-0.05, 0) is 37.3 Å². The average Bonchev–Trinajstić information content (AvgIpc) is 3.40. The lowest BCUT2D eigenvalue weighted by atomic mass is 10.1. The topological polar surface area (TPSA) is 85.8 Å². The van der Waals surface area contributed by atoms with E-state index in [1.165, 1.54) is 0 Å². The Bertz CT molecular complexity index is 1070. The molecule has 4 aromatic rings. The van der Waals surface area contributed by atoms with Crippen LogP contribution in [0.1, 0.15) is 17.9 Å². The molecule has 2 aromatic heterocycles. The Morgan fingerprint density at radius 1 is 1.07 bits per heavy atom. The summed E-state index contributed by atoms with van der Waals surface area (Å²) in [6.45, 7) is 2.02. The van der Waals surface area contributed by atoms with Gasteiger partial charge in [0.25, 0.3) is 0 Å². The smallest absolute Gasteiger partial charge is 0.247 e. The monoisotopic (exact) mass is 373 g/mol. The molecule has 7 heteroatoms. The molecule has 0 spiro atoms. The fraction of sp³-hybridized carbons (Fsp3) is 0.143. The van der Waals surface area contributed by atoms with E-state index < -0.39 is 0 Å². The van der Waals surface area contributed by atoms with Gasteiger partial charge in [0.15, 0.2) is 0 Å². The average molecular weight is 373 g/mol. The maximum absolute atomic E-state index is 12.4. The number of aromatic nitrogens is 4. The highest BCUT2D eigenvalue weighted by molar-refractivity contribution is 5.92. The van der Waals surface area contributed by atoms with Crippen molar-refractivity contribution in [1.29, 1.82) is 0 Å². The van der Waals surface area contributed by atoms with Gasteiger partial charge in [-0.25, -0.2) is 4.68 Å². The third-order valence-corrected chi connectivity index (χ3v) is 4.26. The standard InChI is InChI=1S/C21H19N5O2/c1-15-7-9-16(10-8-15)21-25-24-20(28-21)12-11-19(27)23-17-5-2-3-6-18(17)26-14-4-13-22-26/h2-10,13-14H,11-12H2,1H3,(H,23,27). The molecule has 1 amide bonds. The SMILES string of the molecule is Cc1ccc(-c2nnc(CCC(=O)Nc3ccccc3-n3cccn3)o2)cc1. The van der Waals surface area contributed by atoms with Crippen LogP contribution >= 0.6 is 0 Å². The summed E-state index contributed by atoms with van der Waals surface area (Å²) in [7, 11) is 0. The zero-order valence-electron chi connectivity index (χ0n) is 15.4. The first-order valence-corrected chi connectivity index (χ1v) is 8.97. The van der Waals surface area contributed by atoms with Gasteiger partial charge >= 0.3 is 0 Å². The second-order valence-electron chi connectivity index (χ2n) is 6.38. The number of carbonyl (C=O) groups is 1. The van der Waals surface area contributed by atoms with Gasteiger partial charge in [0, 0.05) is 30.8 Å². The quantitative estimate of drug-likeness (QED) is 0.555. The van der Waals surface area contributed by atoms with Gasteiger partial charge < -0.3 is 9.73 Å². The molecule has 0 aliphatic rings. The van der Waals surface area contributed by atoms with Crippen molar-refractivity contribution >= 4 is 11.6 Å². The number of nitrogens with zero attached hydrogens (tertiary/aromatic N) is 4. The molecular formula is C21H19N5O2. The fourth-order valence-electron chi connectivity index (χ4n) is 2.79. The summed E-state index contributed by atoms with van der Waals surface area (Å²) >= 11 is 0. The highest BCUT2D eigenvalue weighted by atomic mass is 16.4. The Hall–Kier alpha value is -3.74. The molecule has 4 rings (SSSR count). The number of benzene rings is 2.